The molecule has 1 fully saturated rings. The van der Waals surface area contributed by atoms with Gasteiger partial charge >= 0.3 is 12.1 Å². The molecule has 0 aromatic carbocycles. The van der Waals surface area contributed by atoms with Crippen LogP contribution in [0.25, 0.3) is 0 Å². The molecule has 0 aliphatic carbocycles. The molecule has 1 aliphatic rings. The Morgan fingerprint density at radius 2 is 1.90 bits per heavy atom. The molecular formula is C14H21NO4S. The first-order valence-electron chi connectivity index (χ1n) is 6.50. The van der Waals surface area contributed by atoms with Crippen LogP contribution in [-0.4, -0.2) is 47.0 Å². The Balaban J connectivity index is 2.60. The summed E-state index contributed by atoms with van der Waals surface area (Å²) in [5.41, 5.74) is -1.46. The molecule has 1 rings (SSSR count). The first-order valence-corrected chi connectivity index (χ1v) is 7.13. The lowest BCUT2D eigenvalue weighted by atomic mass is 9.92. The monoisotopic (exact) mass is 299 g/mol. The highest BCUT2D eigenvalue weighted by atomic mass is 32.1. The van der Waals surface area contributed by atoms with E-state index in [2.05, 4.69) is 18.5 Å². The summed E-state index contributed by atoms with van der Waals surface area (Å²) in [4.78, 5) is 24.9. The van der Waals surface area contributed by atoms with Crippen molar-refractivity contribution in [2.75, 3.05) is 18.8 Å². The van der Waals surface area contributed by atoms with Crippen molar-refractivity contribution >= 4 is 24.7 Å². The number of hydrogen-bond acceptors (Lipinski definition) is 5. The van der Waals surface area contributed by atoms with E-state index < -0.39 is 17.2 Å². The van der Waals surface area contributed by atoms with Crippen LogP contribution in [0.3, 0.4) is 0 Å². The highest BCUT2D eigenvalue weighted by Gasteiger charge is 2.38. The van der Waals surface area contributed by atoms with E-state index in [9.17, 15) is 9.59 Å². The van der Waals surface area contributed by atoms with Crippen molar-refractivity contribution in [2.24, 2.45) is 0 Å². The van der Waals surface area contributed by atoms with Gasteiger partial charge in [0.25, 0.3) is 0 Å². The lowest BCUT2D eigenvalue weighted by molar-refractivity contribution is -0.154. The minimum Gasteiger partial charge on any atom is -0.445 e. The van der Waals surface area contributed by atoms with Gasteiger partial charge in [-0.3, -0.25) is 4.79 Å². The molecule has 1 saturated heterocycles. The molecule has 1 amide bonds. The smallest absolute Gasteiger partial charge is 0.410 e. The van der Waals surface area contributed by atoms with E-state index in [-0.39, 0.29) is 11.8 Å². The number of nitrogens with zero attached hydrogens (tertiary/aromatic N) is 1. The maximum absolute atomic E-state index is 11.9. The zero-order chi connectivity index (χ0) is 15.4. The lowest BCUT2D eigenvalue weighted by Gasteiger charge is -2.38. The van der Waals surface area contributed by atoms with Gasteiger partial charge in [-0.2, -0.15) is 12.6 Å². The van der Waals surface area contributed by atoms with E-state index in [4.69, 9.17) is 15.9 Å². The van der Waals surface area contributed by atoms with Gasteiger partial charge in [-0.1, -0.05) is 5.92 Å². The molecule has 1 aliphatic heterocycles. The average molecular weight is 299 g/mol. The van der Waals surface area contributed by atoms with Crippen molar-refractivity contribution in [3.63, 3.8) is 0 Å². The predicted molar refractivity (Wildman–Crippen MR) is 78.6 cm³/mol. The largest absolute Gasteiger partial charge is 0.445 e. The molecule has 5 nitrogen and oxygen atoms in total. The molecule has 0 unspecified atom stereocenters. The van der Waals surface area contributed by atoms with Crippen LogP contribution in [-0.2, 0) is 14.3 Å². The van der Waals surface area contributed by atoms with Gasteiger partial charge in [0.05, 0.1) is 5.75 Å². The second kappa shape index (κ2) is 6.40. The van der Waals surface area contributed by atoms with E-state index in [1.807, 2.05) is 20.8 Å². The fourth-order valence-corrected chi connectivity index (χ4v) is 1.97. The molecule has 0 radical (unpaired) electrons. The highest BCUT2D eigenvalue weighted by Crippen LogP contribution is 2.27. The van der Waals surface area contributed by atoms with E-state index in [1.165, 1.54) is 0 Å². The third-order valence-corrected chi connectivity index (χ3v) is 3.18. The van der Waals surface area contributed by atoms with Gasteiger partial charge in [-0.25, -0.2) is 4.79 Å². The normalized spacial score (nSPS) is 18.1. The van der Waals surface area contributed by atoms with Gasteiger partial charge in [0.1, 0.15) is 5.60 Å². The molecule has 0 aromatic heterocycles. The van der Waals surface area contributed by atoms with Crippen molar-refractivity contribution in [2.45, 2.75) is 44.8 Å². The SMILES string of the molecule is C#CC1(OC(=O)CS)CCN(C(=O)OC(C)(C)C)CC1. The van der Waals surface area contributed by atoms with Crippen LogP contribution < -0.4 is 0 Å². The third kappa shape index (κ3) is 4.64. The molecule has 0 bridgehead atoms. The van der Waals surface area contributed by atoms with Crippen molar-refractivity contribution in [1.29, 1.82) is 0 Å². The Morgan fingerprint density at radius 1 is 1.35 bits per heavy atom. The van der Waals surface area contributed by atoms with Crippen LogP contribution in [0.15, 0.2) is 0 Å². The van der Waals surface area contributed by atoms with Crippen LogP contribution in [0, 0.1) is 12.3 Å². The van der Waals surface area contributed by atoms with Crippen molar-refractivity contribution in [3.8, 4) is 12.3 Å². The number of carbonyl (C=O) groups excluding carboxylic acids is 2. The number of carbonyl (C=O) groups is 2. The summed E-state index contributed by atoms with van der Waals surface area (Å²) in [5.74, 6) is 2.07. The maximum atomic E-state index is 11.9. The fraction of sp³-hybridized carbons (Fsp3) is 0.714. The molecule has 0 spiro atoms. The highest BCUT2D eigenvalue weighted by molar-refractivity contribution is 7.81. The van der Waals surface area contributed by atoms with Gasteiger partial charge in [0.2, 0.25) is 0 Å². The van der Waals surface area contributed by atoms with Crippen LogP contribution >= 0.6 is 12.6 Å². The third-order valence-electron chi connectivity index (χ3n) is 2.92. The molecule has 6 heteroatoms. The first kappa shape index (κ1) is 16.7. The van der Waals surface area contributed by atoms with Gasteiger partial charge in [-0.15, -0.1) is 6.42 Å². The number of thiol groups is 1. The minimum absolute atomic E-state index is 0.0147. The van der Waals surface area contributed by atoms with Crippen LogP contribution in [0.2, 0.25) is 0 Å². The van der Waals surface area contributed by atoms with Crippen molar-refractivity contribution in [3.05, 3.63) is 0 Å². The van der Waals surface area contributed by atoms with Gasteiger partial charge in [-0.05, 0) is 20.8 Å². The number of hydrogen-bond donors (Lipinski definition) is 1. The molecule has 0 N–H and O–H groups in total. The van der Waals surface area contributed by atoms with Crippen molar-refractivity contribution in [1.82, 2.24) is 4.90 Å². The van der Waals surface area contributed by atoms with Crippen LogP contribution in [0.4, 0.5) is 4.79 Å². The molecule has 0 saturated carbocycles. The fourth-order valence-electron chi connectivity index (χ4n) is 1.90. The Kier molecular flexibility index (Phi) is 5.35. The second-order valence-electron chi connectivity index (χ2n) is 5.74. The summed E-state index contributed by atoms with van der Waals surface area (Å²) in [7, 11) is 0. The number of likely N-dealkylation sites (tertiary alicyclic amines) is 1. The molecular weight excluding hydrogens is 278 g/mol. The summed E-state index contributed by atoms with van der Waals surface area (Å²) < 4.78 is 10.6. The molecule has 20 heavy (non-hydrogen) atoms. The summed E-state index contributed by atoms with van der Waals surface area (Å²) in [6.45, 7) is 6.25. The Morgan fingerprint density at radius 3 is 2.30 bits per heavy atom. The summed E-state index contributed by atoms with van der Waals surface area (Å²) >= 11 is 3.86. The Labute approximate surface area is 125 Å². The van der Waals surface area contributed by atoms with E-state index in [0.717, 1.165) is 0 Å². The quantitative estimate of drug-likeness (QED) is 0.480. The standard InChI is InChI=1S/C14H21NO4S/c1-5-14(18-11(16)10-20)6-8-15(9-7-14)12(17)19-13(2,3)4/h1,20H,6-10H2,2-4H3. The molecule has 0 aromatic rings. The zero-order valence-corrected chi connectivity index (χ0v) is 13.0. The average Bonchev–Trinajstić information content (AvgIpc) is 2.37. The van der Waals surface area contributed by atoms with Gasteiger partial charge in [0, 0.05) is 25.9 Å². The second-order valence-corrected chi connectivity index (χ2v) is 6.05. The first-order chi connectivity index (χ1) is 9.21. The Hall–Kier alpha value is -1.35. The number of terminal acetylenes is 1. The number of ether oxygens (including phenoxy) is 2. The summed E-state index contributed by atoms with van der Waals surface area (Å²) in [5, 5.41) is 0. The van der Waals surface area contributed by atoms with E-state index >= 15 is 0 Å². The number of esters is 1. The van der Waals surface area contributed by atoms with Crippen LogP contribution in [0.5, 0.6) is 0 Å². The predicted octanol–water partition coefficient (Wildman–Crippen LogP) is 1.86. The number of piperidine rings is 1. The number of rotatable bonds is 2. The lowest BCUT2D eigenvalue weighted by Crippen LogP contribution is -2.49. The van der Waals surface area contributed by atoms with Gasteiger partial charge < -0.3 is 14.4 Å². The summed E-state index contributed by atoms with van der Waals surface area (Å²) in [6, 6.07) is 0. The minimum atomic E-state index is -0.932. The molecule has 112 valence electrons. The molecule has 1 heterocycles. The van der Waals surface area contributed by atoms with Crippen LogP contribution in [0.1, 0.15) is 33.6 Å². The number of amides is 1. The van der Waals surface area contributed by atoms with Crippen molar-refractivity contribution < 1.29 is 19.1 Å². The summed E-state index contributed by atoms with van der Waals surface area (Å²) in [6.07, 6.45) is 5.92. The van der Waals surface area contributed by atoms with E-state index in [0.29, 0.717) is 25.9 Å². The van der Waals surface area contributed by atoms with Gasteiger partial charge in [0.15, 0.2) is 5.60 Å². The Bertz CT molecular complexity index is 414. The topological polar surface area (TPSA) is 55.8 Å². The molecule has 0 atom stereocenters. The van der Waals surface area contributed by atoms with E-state index in [1.54, 1.807) is 4.90 Å². The zero-order valence-electron chi connectivity index (χ0n) is 12.1. The maximum Gasteiger partial charge on any atom is 0.410 e.